The van der Waals surface area contributed by atoms with Crippen LogP contribution in [-0.4, -0.2) is 47.7 Å². The second-order valence-electron chi connectivity index (χ2n) is 7.54. The summed E-state index contributed by atoms with van der Waals surface area (Å²) in [6.07, 6.45) is 1.44. The number of hydrogen-bond acceptors (Lipinski definition) is 7. The highest BCUT2D eigenvalue weighted by Crippen LogP contribution is 2.37. The predicted molar refractivity (Wildman–Crippen MR) is 136 cm³/mol. The van der Waals surface area contributed by atoms with E-state index in [9.17, 15) is 19.2 Å². The molecule has 1 N–H and O–H groups in total. The molecule has 0 aliphatic carbocycles. The first-order valence-corrected chi connectivity index (χ1v) is 12.1. The van der Waals surface area contributed by atoms with Crippen molar-refractivity contribution in [2.24, 2.45) is 0 Å². The fourth-order valence-corrected chi connectivity index (χ4v) is 4.66. The number of nitrogens with one attached hydrogen (secondary N) is 1. The number of benzene rings is 2. The Labute approximate surface area is 216 Å². The predicted octanol–water partition coefficient (Wildman–Crippen LogP) is 5.23. The molecule has 2 aromatic rings. The molecule has 0 spiro atoms. The van der Waals surface area contributed by atoms with Gasteiger partial charge in [0, 0.05) is 5.69 Å². The van der Waals surface area contributed by atoms with Crippen molar-refractivity contribution in [2.45, 2.75) is 20.8 Å². The van der Waals surface area contributed by atoms with E-state index in [2.05, 4.69) is 5.32 Å². The Hall–Kier alpha value is -3.01. The fourth-order valence-electron chi connectivity index (χ4n) is 3.21. The van der Waals surface area contributed by atoms with Gasteiger partial charge in [0.25, 0.3) is 11.1 Å². The highest BCUT2D eigenvalue weighted by molar-refractivity contribution is 8.18. The molecule has 35 heavy (non-hydrogen) atoms. The summed E-state index contributed by atoms with van der Waals surface area (Å²) in [4.78, 5) is 50.1. The lowest BCUT2D eigenvalue weighted by Gasteiger charge is -2.14. The van der Waals surface area contributed by atoms with Crippen LogP contribution in [0.1, 0.15) is 23.6 Å². The topological polar surface area (TPSA) is 102 Å². The van der Waals surface area contributed by atoms with Gasteiger partial charge in [-0.25, -0.2) is 4.79 Å². The molecule has 0 unspecified atom stereocenters. The zero-order valence-electron chi connectivity index (χ0n) is 19.1. The lowest BCUT2D eigenvalue weighted by molar-refractivity contribution is -0.145. The molecule has 1 fully saturated rings. The molecular weight excluding hydrogens is 515 g/mol. The zero-order valence-corrected chi connectivity index (χ0v) is 21.5. The average molecular weight is 537 g/mol. The van der Waals surface area contributed by atoms with Crippen molar-refractivity contribution in [1.29, 1.82) is 0 Å². The SMILES string of the molecule is CCOC(=O)COc1c(Cl)cc(/C=C2\SC(=O)N(CC(=O)Nc3ccc(C)cc3C)C2=O)cc1Cl. The van der Waals surface area contributed by atoms with E-state index in [0.29, 0.717) is 23.0 Å². The molecule has 0 atom stereocenters. The van der Waals surface area contributed by atoms with E-state index in [4.69, 9.17) is 32.7 Å². The van der Waals surface area contributed by atoms with Gasteiger partial charge in [-0.3, -0.25) is 19.3 Å². The molecule has 1 aliphatic heterocycles. The molecule has 3 rings (SSSR count). The second-order valence-corrected chi connectivity index (χ2v) is 9.35. The van der Waals surface area contributed by atoms with Gasteiger partial charge in [-0.1, -0.05) is 40.9 Å². The molecule has 2 aromatic carbocycles. The van der Waals surface area contributed by atoms with Crippen molar-refractivity contribution < 1.29 is 28.7 Å². The first kappa shape index (κ1) is 26.6. The molecule has 1 aliphatic rings. The Bertz CT molecular complexity index is 1210. The normalized spacial score (nSPS) is 14.4. The molecular formula is C24H22Cl2N2O6S. The first-order valence-electron chi connectivity index (χ1n) is 10.5. The summed E-state index contributed by atoms with van der Waals surface area (Å²) >= 11 is 13.2. The molecule has 0 aromatic heterocycles. The van der Waals surface area contributed by atoms with E-state index in [1.54, 1.807) is 13.0 Å². The number of anilines is 1. The van der Waals surface area contributed by atoms with Crippen LogP contribution < -0.4 is 10.1 Å². The quantitative estimate of drug-likeness (QED) is 0.364. The molecule has 0 bridgehead atoms. The van der Waals surface area contributed by atoms with E-state index >= 15 is 0 Å². The minimum atomic E-state index is -0.606. The molecule has 11 heteroatoms. The smallest absolute Gasteiger partial charge is 0.344 e. The third-order valence-electron chi connectivity index (χ3n) is 4.79. The van der Waals surface area contributed by atoms with Crippen LogP contribution in [0.3, 0.4) is 0 Å². The fraction of sp³-hybridized carbons (Fsp3) is 0.250. The van der Waals surface area contributed by atoms with Gasteiger partial charge in [0.2, 0.25) is 5.91 Å². The monoisotopic (exact) mass is 536 g/mol. The number of thioether (sulfide) groups is 1. The van der Waals surface area contributed by atoms with Gasteiger partial charge in [-0.2, -0.15) is 0 Å². The van der Waals surface area contributed by atoms with Gasteiger partial charge in [0.15, 0.2) is 12.4 Å². The Morgan fingerprint density at radius 2 is 1.80 bits per heavy atom. The van der Waals surface area contributed by atoms with Crippen LogP contribution in [-0.2, 0) is 19.1 Å². The lowest BCUT2D eigenvalue weighted by atomic mass is 10.1. The molecule has 0 saturated carbocycles. The summed E-state index contributed by atoms with van der Waals surface area (Å²) in [5, 5.41) is 2.38. The van der Waals surface area contributed by atoms with Crippen molar-refractivity contribution in [2.75, 3.05) is 25.1 Å². The van der Waals surface area contributed by atoms with Gasteiger partial charge >= 0.3 is 5.97 Å². The summed E-state index contributed by atoms with van der Waals surface area (Å²) in [6, 6.07) is 8.50. The van der Waals surface area contributed by atoms with Crippen LogP contribution in [0.15, 0.2) is 35.2 Å². The molecule has 184 valence electrons. The van der Waals surface area contributed by atoms with E-state index in [1.165, 1.54) is 18.2 Å². The van der Waals surface area contributed by atoms with E-state index in [0.717, 1.165) is 16.0 Å². The third-order valence-corrected chi connectivity index (χ3v) is 6.26. The maximum absolute atomic E-state index is 12.8. The van der Waals surface area contributed by atoms with Crippen molar-refractivity contribution in [3.63, 3.8) is 0 Å². The van der Waals surface area contributed by atoms with Crippen LogP contribution in [0.4, 0.5) is 10.5 Å². The summed E-state index contributed by atoms with van der Waals surface area (Å²) in [6.45, 7) is 4.90. The number of halogens is 2. The molecule has 0 radical (unpaired) electrons. The first-order chi connectivity index (χ1) is 16.6. The van der Waals surface area contributed by atoms with Crippen molar-refractivity contribution in [3.05, 3.63) is 62.0 Å². The summed E-state index contributed by atoms with van der Waals surface area (Å²) in [5.41, 5.74) is 2.97. The highest BCUT2D eigenvalue weighted by atomic mass is 35.5. The number of imide groups is 1. The minimum Gasteiger partial charge on any atom is -0.479 e. The van der Waals surface area contributed by atoms with E-state index < -0.39 is 29.6 Å². The summed E-state index contributed by atoms with van der Waals surface area (Å²) in [5.74, 6) is -1.57. The van der Waals surface area contributed by atoms with E-state index in [1.807, 2.05) is 26.0 Å². The van der Waals surface area contributed by atoms with Gasteiger partial charge in [-0.05, 0) is 67.9 Å². The Morgan fingerprint density at radius 1 is 1.11 bits per heavy atom. The number of aryl methyl sites for hydroxylation is 2. The van der Waals surface area contributed by atoms with Gasteiger partial charge < -0.3 is 14.8 Å². The number of esters is 1. The summed E-state index contributed by atoms with van der Waals surface area (Å²) in [7, 11) is 0. The van der Waals surface area contributed by atoms with E-state index in [-0.39, 0.29) is 33.9 Å². The number of ether oxygens (including phenoxy) is 2. The minimum absolute atomic E-state index is 0.0923. The second kappa shape index (κ2) is 11.6. The number of amides is 3. The maximum atomic E-state index is 12.8. The van der Waals surface area contributed by atoms with Gasteiger partial charge in [-0.15, -0.1) is 0 Å². The Morgan fingerprint density at radius 3 is 2.43 bits per heavy atom. The number of rotatable bonds is 8. The standard InChI is InChI=1S/C24H22Cl2N2O6S/c1-4-33-21(30)12-34-22-16(25)8-15(9-17(22)26)10-19-23(31)28(24(32)35-19)11-20(29)27-18-6-5-13(2)7-14(18)3/h5-10H,4,11-12H2,1-3H3,(H,27,29)/b19-10-. The molecule has 3 amide bonds. The highest BCUT2D eigenvalue weighted by Gasteiger charge is 2.36. The van der Waals surface area contributed by atoms with Crippen molar-refractivity contribution in [1.82, 2.24) is 4.90 Å². The Balaban J connectivity index is 1.70. The lowest BCUT2D eigenvalue weighted by Crippen LogP contribution is -2.36. The Kier molecular flexibility index (Phi) is 8.82. The van der Waals surface area contributed by atoms with Crippen LogP contribution in [0.2, 0.25) is 10.0 Å². The van der Waals surface area contributed by atoms with Crippen LogP contribution in [0.25, 0.3) is 6.08 Å². The number of nitrogens with zero attached hydrogens (tertiary/aromatic N) is 1. The largest absolute Gasteiger partial charge is 0.479 e. The molecule has 1 heterocycles. The number of carbonyl (C=O) groups excluding carboxylic acids is 4. The molecule has 8 nitrogen and oxygen atoms in total. The van der Waals surface area contributed by atoms with Crippen LogP contribution in [0, 0.1) is 13.8 Å². The molecule has 1 saturated heterocycles. The number of carbonyl (C=O) groups is 4. The van der Waals surface area contributed by atoms with Crippen molar-refractivity contribution in [3.8, 4) is 5.75 Å². The maximum Gasteiger partial charge on any atom is 0.344 e. The van der Waals surface area contributed by atoms with Crippen LogP contribution >= 0.6 is 35.0 Å². The van der Waals surface area contributed by atoms with Crippen LogP contribution in [0.5, 0.6) is 5.75 Å². The van der Waals surface area contributed by atoms with Gasteiger partial charge in [0.1, 0.15) is 6.54 Å². The summed E-state index contributed by atoms with van der Waals surface area (Å²) < 4.78 is 10.1. The number of hydrogen-bond donors (Lipinski definition) is 1. The van der Waals surface area contributed by atoms with Gasteiger partial charge in [0.05, 0.1) is 21.6 Å². The average Bonchev–Trinajstić information content (AvgIpc) is 3.02. The van der Waals surface area contributed by atoms with Crippen molar-refractivity contribution >= 4 is 69.8 Å². The zero-order chi connectivity index (χ0) is 25.7. The third kappa shape index (κ3) is 6.78.